The van der Waals surface area contributed by atoms with Crippen LogP contribution in [0.2, 0.25) is 49.9 Å². The van der Waals surface area contributed by atoms with Crippen LogP contribution in [0.3, 0.4) is 0 Å². The Balaban J connectivity index is 2.84. The van der Waals surface area contributed by atoms with Crippen molar-refractivity contribution in [1.82, 2.24) is 0 Å². The van der Waals surface area contributed by atoms with Crippen molar-refractivity contribution in [3.05, 3.63) is 11.3 Å². The lowest BCUT2D eigenvalue weighted by molar-refractivity contribution is 0.426. The zero-order valence-electron chi connectivity index (χ0n) is 16.6. The molecule has 4 heteroatoms. The van der Waals surface area contributed by atoms with Gasteiger partial charge in [-0.2, -0.15) is 0 Å². The molecule has 0 aliphatic heterocycles. The Morgan fingerprint density at radius 3 is 2.22 bits per heavy atom. The van der Waals surface area contributed by atoms with Crippen molar-refractivity contribution in [2.45, 2.75) is 95.8 Å². The van der Waals surface area contributed by atoms with Gasteiger partial charge < -0.3 is 4.43 Å². The van der Waals surface area contributed by atoms with E-state index < -0.39 is 16.4 Å². The summed E-state index contributed by atoms with van der Waals surface area (Å²) in [6.07, 6.45) is 9.96. The minimum absolute atomic E-state index is 0.0190. The highest BCUT2D eigenvalue weighted by Crippen LogP contribution is 2.52. The number of hydrogen-bond donors (Lipinski definition) is 0. The van der Waals surface area contributed by atoms with Gasteiger partial charge in [0, 0.05) is 14.6 Å². The summed E-state index contributed by atoms with van der Waals surface area (Å²) >= 11 is 0. The highest BCUT2D eigenvalue weighted by molar-refractivity contribution is 6.81. The molecule has 0 spiro atoms. The van der Waals surface area contributed by atoms with Gasteiger partial charge in [0.2, 0.25) is 0 Å². The Morgan fingerprint density at radius 2 is 1.70 bits per heavy atom. The van der Waals surface area contributed by atoms with Gasteiger partial charge in [-0.3, -0.25) is 0 Å². The summed E-state index contributed by atoms with van der Waals surface area (Å²) in [5.74, 6) is 3.71. The second-order valence-corrected chi connectivity index (χ2v) is 20.5. The van der Waals surface area contributed by atoms with E-state index in [0.717, 1.165) is 0 Å². The van der Waals surface area contributed by atoms with Gasteiger partial charge in [-0.25, -0.2) is 0 Å². The summed E-state index contributed by atoms with van der Waals surface area (Å²) in [6.45, 7) is 16.3. The molecule has 0 aromatic heterocycles. The van der Waals surface area contributed by atoms with Gasteiger partial charge in [0.05, 0.1) is 14.2 Å². The van der Waals surface area contributed by atoms with Crippen LogP contribution in [-0.2, 0) is 4.43 Å². The van der Waals surface area contributed by atoms with Gasteiger partial charge in [-0.1, -0.05) is 55.9 Å². The minimum Gasteiger partial charge on any atom is -0.501 e. The van der Waals surface area contributed by atoms with Crippen LogP contribution >= 0.6 is 0 Å². The second kappa shape index (κ2) is 8.73. The predicted molar refractivity (Wildman–Crippen MR) is 113 cm³/mol. The van der Waals surface area contributed by atoms with Crippen LogP contribution in [0.1, 0.15) is 46.0 Å². The fraction of sp³-hybridized carbons (Fsp3) is 0.789. The van der Waals surface area contributed by atoms with Crippen LogP contribution in [0.15, 0.2) is 11.3 Å². The van der Waals surface area contributed by atoms with Crippen LogP contribution in [-0.4, -0.2) is 25.9 Å². The largest absolute Gasteiger partial charge is 0.501 e. The molecule has 1 rings (SSSR count). The third-order valence-corrected chi connectivity index (χ3v) is 13.3. The van der Waals surface area contributed by atoms with E-state index >= 15 is 0 Å². The van der Waals surface area contributed by atoms with Gasteiger partial charge in [0.25, 0.3) is 8.32 Å². The maximum absolute atomic E-state index is 5.91. The summed E-state index contributed by atoms with van der Waals surface area (Å²) in [4.78, 5) is 0. The van der Waals surface area contributed by atoms with E-state index in [1.54, 1.807) is 0 Å². The van der Waals surface area contributed by atoms with E-state index in [9.17, 15) is 0 Å². The molecule has 0 aromatic rings. The lowest BCUT2D eigenvalue weighted by atomic mass is 9.88. The maximum Gasteiger partial charge on any atom is 0.255 e. The fourth-order valence-corrected chi connectivity index (χ4v) is 11.6. The molecule has 1 nitrogen and oxygen atoms in total. The van der Waals surface area contributed by atoms with E-state index in [1.807, 2.05) is 0 Å². The average molecular weight is 367 g/mol. The molecule has 1 saturated carbocycles. The molecule has 0 atom stereocenters. The highest BCUT2D eigenvalue weighted by atomic mass is 28.4. The van der Waals surface area contributed by atoms with Crippen molar-refractivity contribution in [1.29, 1.82) is 0 Å². The topological polar surface area (TPSA) is 9.23 Å². The standard InChI is InChI=1S/C19H38OSi3/c1-18(2)17-21-15-16-23(6,7)19(11-9-8-10-12-19)13-14-20-22(3,4)5/h17H,8-12,15-16,21H2,1-7H3. The molecule has 0 amide bonds. The Bertz CT molecular complexity index is 453. The summed E-state index contributed by atoms with van der Waals surface area (Å²) < 4.78 is 5.91. The van der Waals surface area contributed by atoms with Crippen molar-refractivity contribution >= 4 is 25.9 Å². The van der Waals surface area contributed by atoms with Crippen molar-refractivity contribution < 1.29 is 4.43 Å². The third kappa shape index (κ3) is 7.03. The molecule has 0 bridgehead atoms. The molecule has 132 valence electrons. The Morgan fingerprint density at radius 1 is 1.09 bits per heavy atom. The van der Waals surface area contributed by atoms with Crippen molar-refractivity contribution in [2.75, 3.05) is 0 Å². The molecule has 0 heterocycles. The van der Waals surface area contributed by atoms with Gasteiger partial charge in [-0.15, -0.1) is 5.70 Å². The SMILES string of the molecule is CC(C)=C[SiH2]CC[Si](C)(C)C1(C#CO[Si](C)(C)C)CCCCC1. The van der Waals surface area contributed by atoms with E-state index in [4.69, 9.17) is 4.43 Å². The monoisotopic (exact) mass is 366 g/mol. The van der Waals surface area contributed by atoms with E-state index in [-0.39, 0.29) is 9.52 Å². The Hall–Kier alpha value is -0.249. The van der Waals surface area contributed by atoms with Crippen molar-refractivity contribution in [2.24, 2.45) is 0 Å². The Labute approximate surface area is 149 Å². The molecule has 0 N–H and O–H groups in total. The predicted octanol–water partition coefficient (Wildman–Crippen LogP) is 5.72. The second-order valence-electron chi connectivity index (χ2n) is 9.14. The highest BCUT2D eigenvalue weighted by Gasteiger charge is 2.45. The van der Waals surface area contributed by atoms with Gasteiger partial charge >= 0.3 is 0 Å². The first-order chi connectivity index (χ1) is 10.6. The van der Waals surface area contributed by atoms with Crippen molar-refractivity contribution in [3.8, 4) is 12.0 Å². The van der Waals surface area contributed by atoms with Crippen LogP contribution in [0, 0.1) is 12.0 Å². The quantitative estimate of drug-likeness (QED) is 0.332. The van der Waals surface area contributed by atoms with E-state index in [0.29, 0.717) is 5.04 Å². The summed E-state index contributed by atoms with van der Waals surface area (Å²) in [5, 5.41) is 0.310. The lowest BCUT2D eigenvalue weighted by Crippen LogP contribution is -2.43. The average Bonchev–Trinajstić information content (AvgIpc) is 2.43. The zero-order chi connectivity index (χ0) is 17.6. The molecular weight excluding hydrogens is 328 g/mol. The molecule has 1 aliphatic rings. The van der Waals surface area contributed by atoms with Gasteiger partial charge in [0.15, 0.2) is 0 Å². The molecule has 1 fully saturated rings. The van der Waals surface area contributed by atoms with Crippen LogP contribution in [0.4, 0.5) is 0 Å². The van der Waals surface area contributed by atoms with E-state index in [1.165, 1.54) is 49.8 Å². The van der Waals surface area contributed by atoms with Gasteiger partial charge in [0.1, 0.15) is 0 Å². The normalized spacial score (nSPS) is 18.4. The summed E-state index contributed by atoms with van der Waals surface area (Å²) in [5.41, 5.74) is 4.03. The first-order valence-electron chi connectivity index (χ1n) is 9.42. The molecule has 1 aliphatic carbocycles. The molecule has 23 heavy (non-hydrogen) atoms. The van der Waals surface area contributed by atoms with Crippen LogP contribution in [0.5, 0.6) is 0 Å². The first-order valence-corrected chi connectivity index (χ1v) is 17.8. The molecule has 0 radical (unpaired) electrons. The van der Waals surface area contributed by atoms with Crippen molar-refractivity contribution in [3.63, 3.8) is 0 Å². The van der Waals surface area contributed by atoms with E-state index in [2.05, 4.69) is 64.3 Å². The summed E-state index contributed by atoms with van der Waals surface area (Å²) in [7, 11) is -2.91. The van der Waals surface area contributed by atoms with Gasteiger partial charge in [-0.05, 0) is 46.3 Å². The number of rotatable bonds is 6. The molecule has 0 aromatic carbocycles. The smallest absolute Gasteiger partial charge is 0.255 e. The molecule has 0 saturated heterocycles. The Kier molecular flexibility index (Phi) is 7.89. The fourth-order valence-electron chi connectivity index (χ4n) is 3.58. The lowest BCUT2D eigenvalue weighted by Gasteiger charge is -2.44. The summed E-state index contributed by atoms with van der Waals surface area (Å²) in [6, 6.07) is 2.91. The minimum atomic E-state index is -1.54. The zero-order valence-corrected chi connectivity index (χ0v) is 20.1. The van der Waals surface area contributed by atoms with Crippen LogP contribution in [0.25, 0.3) is 0 Å². The number of hydrogen-bond acceptors (Lipinski definition) is 1. The molecular formula is C19H38OSi3. The third-order valence-electron chi connectivity index (χ3n) is 5.21. The first kappa shape index (κ1) is 20.8. The van der Waals surface area contributed by atoms with Crippen LogP contribution < -0.4 is 0 Å². The molecule has 0 unspecified atom stereocenters. The number of allylic oxidation sites excluding steroid dienone is 1. The maximum atomic E-state index is 5.91.